The summed E-state index contributed by atoms with van der Waals surface area (Å²) in [6.07, 6.45) is 2.88. The van der Waals surface area contributed by atoms with E-state index in [9.17, 15) is 4.79 Å². The summed E-state index contributed by atoms with van der Waals surface area (Å²) in [4.78, 5) is 22.0. The van der Waals surface area contributed by atoms with Crippen LogP contribution in [0.25, 0.3) is 10.8 Å². The van der Waals surface area contributed by atoms with Crippen molar-refractivity contribution < 1.29 is 9.53 Å². The van der Waals surface area contributed by atoms with Gasteiger partial charge < -0.3 is 10.1 Å². The van der Waals surface area contributed by atoms with E-state index < -0.39 is 11.7 Å². The number of alkyl carbamates (subject to hydrolysis) is 1. The summed E-state index contributed by atoms with van der Waals surface area (Å²) in [6.45, 7) is 3.75. The molecule has 0 aliphatic rings. The number of rotatable bonds is 5. The Morgan fingerprint density at radius 3 is 2.40 bits per heavy atom. The Morgan fingerprint density at radius 1 is 0.900 bits per heavy atom. The number of fused-ring (bicyclic) bond motifs is 1. The maximum Gasteiger partial charge on any atom is 0.408 e. The summed E-state index contributed by atoms with van der Waals surface area (Å²) in [6, 6.07) is 25.0. The van der Waals surface area contributed by atoms with Crippen molar-refractivity contribution in [3.63, 3.8) is 0 Å². The van der Waals surface area contributed by atoms with Crippen LogP contribution in [0.2, 0.25) is 0 Å². The zero-order valence-corrected chi connectivity index (χ0v) is 16.9. The molecule has 5 nitrogen and oxygen atoms in total. The molecule has 2 aromatic heterocycles. The number of carbonyl (C=O) groups is 1. The Labute approximate surface area is 175 Å². The largest absolute Gasteiger partial charge is 0.430 e. The lowest BCUT2D eigenvalue weighted by atomic mass is 9.92. The number of nitrogens with zero attached hydrogens (tertiary/aromatic N) is 2. The van der Waals surface area contributed by atoms with E-state index in [-0.39, 0.29) is 6.04 Å². The van der Waals surface area contributed by atoms with Gasteiger partial charge in [-0.15, -0.1) is 0 Å². The molecule has 30 heavy (non-hydrogen) atoms. The third-order valence-electron chi connectivity index (χ3n) is 5.21. The van der Waals surface area contributed by atoms with Gasteiger partial charge in [0.25, 0.3) is 0 Å². The van der Waals surface area contributed by atoms with Gasteiger partial charge in [-0.2, -0.15) is 0 Å². The molecule has 0 aliphatic heterocycles. The van der Waals surface area contributed by atoms with Crippen molar-refractivity contribution in [2.45, 2.75) is 25.5 Å². The third kappa shape index (κ3) is 3.87. The van der Waals surface area contributed by atoms with E-state index in [2.05, 4.69) is 15.3 Å². The first-order valence-corrected chi connectivity index (χ1v) is 9.88. The molecule has 0 fully saturated rings. The van der Waals surface area contributed by atoms with Gasteiger partial charge in [0, 0.05) is 17.8 Å². The first-order valence-electron chi connectivity index (χ1n) is 9.88. The molecule has 0 spiro atoms. The summed E-state index contributed by atoms with van der Waals surface area (Å²) < 4.78 is 6.04. The maximum absolute atomic E-state index is 12.9. The molecule has 4 aromatic rings. The molecule has 0 radical (unpaired) electrons. The Bertz CT molecular complexity index is 1140. The van der Waals surface area contributed by atoms with Crippen molar-refractivity contribution in [2.75, 3.05) is 0 Å². The van der Waals surface area contributed by atoms with E-state index in [0.29, 0.717) is 11.4 Å². The SMILES string of the molecule is C[C@H](NC(=O)OC(C)(c1ccccn1)c1nccc2ccccc12)c1ccccc1. The lowest BCUT2D eigenvalue weighted by Crippen LogP contribution is -2.38. The fraction of sp³-hybridized carbons (Fsp3) is 0.160. The Morgan fingerprint density at radius 2 is 1.63 bits per heavy atom. The molecule has 4 rings (SSSR count). The molecular formula is C25H23N3O2. The van der Waals surface area contributed by atoms with Crippen LogP contribution in [0.15, 0.2) is 91.3 Å². The van der Waals surface area contributed by atoms with Gasteiger partial charge in [0.15, 0.2) is 5.60 Å². The van der Waals surface area contributed by atoms with E-state index >= 15 is 0 Å². The second-order valence-electron chi connectivity index (χ2n) is 7.30. The number of hydrogen-bond donors (Lipinski definition) is 1. The molecular weight excluding hydrogens is 374 g/mol. The monoisotopic (exact) mass is 397 g/mol. The third-order valence-corrected chi connectivity index (χ3v) is 5.21. The second kappa shape index (κ2) is 8.33. The van der Waals surface area contributed by atoms with Gasteiger partial charge in [0.05, 0.1) is 17.4 Å². The van der Waals surface area contributed by atoms with Crippen LogP contribution in [0.3, 0.4) is 0 Å². The molecule has 1 N–H and O–H groups in total. The fourth-order valence-electron chi connectivity index (χ4n) is 3.58. The zero-order valence-electron chi connectivity index (χ0n) is 16.9. The highest BCUT2D eigenvalue weighted by Gasteiger charge is 2.38. The lowest BCUT2D eigenvalue weighted by Gasteiger charge is -2.30. The van der Waals surface area contributed by atoms with Gasteiger partial charge in [0.1, 0.15) is 0 Å². The molecule has 5 heteroatoms. The topological polar surface area (TPSA) is 64.1 Å². The van der Waals surface area contributed by atoms with E-state index in [1.54, 1.807) is 12.4 Å². The van der Waals surface area contributed by atoms with Crippen molar-refractivity contribution in [3.05, 3.63) is 108 Å². The van der Waals surface area contributed by atoms with Crippen LogP contribution in [0.5, 0.6) is 0 Å². The van der Waals surface area contributed by atoms with Crippen LogP contribution < -0.4 is 5.32 Å². The number of amides is 1. The van der Waals surface area contributed by atoms with Crippen molar-refractivity contribution in [2.24, 2.45) is 0 Å². The van der Waals surface area contributed by atoms with E-state index in [4.69, 9.17) is 4.74 Å². The van der Waals surface area contributed by atoms with Crippen molar-refractivity contribution in [1.82, 2.24) is 15.3 Å². The van der Waals surface area contributed by atoms with Crippen molar-refractivity contribution in [1.29, 1.82) is 0 Å². The summed E-state index contributed by atoms with van der Waals surface area (Å²) in [5.41, 5.74) is 1.08. The highest BCUT2D eigenvalue weighted by molar-refractivity contribution is 5.85. The van der Waals surface area contributed by atoms with Crippen molar-refractivity contribution in [3.8, 4) is 0 Å². The fourth-order valence-corrected chi connectivity index (χ4v) is 3.58. The minimum Gasteiger partial charge on any atom is -0.430 e. The molecule has 2 atom stereocenters. The molecule has 150 valence electrons. The average Bonchev–Trinajstić information content (AvgIpc) is 2.79. The first-order chi connectivity index (χ1) is 14.6. The zero-order chi connectivity index (χ0) is 21.0. The molecule has 0 saturated heterocycles. The number of carbonyl (C=O) groups excluding carboxylic acids is 1. The summed E-state index contributed by atoms with van der Waals surface area (Å²) in [5, 5.41) is 4.86. The number of aromatic nitrogens is 2. The number of nitrogens with one attached hydrogen (secondary N) is 1. The lowest BCUT2D eigenvalue weighted by molar-refractivity contribution is 0.0454. The summed E-state index contributed by atoms with van der Waals surface area (Å²) >= 11 is 0. The quantitative estimate of drug-likeness (QED) is 0.491. The van der Waals surface area contributed by atoms with Crippen LogP contribution in [-0.2, 0) is 10.3 Å². The molecule has 1 unspecified atom stereocenters. The predicted octanol–water partition coefficient (Wildman–Crippen LogP) is 5.38. The van der Waals surface area contributed by atoms with Crippen LogP contribution >= 0.6 is 0 Å². The van der Waals surface area contributed by atoms with Crippen LogP contribution in [0.4, 0.5) is 4.79 Å². The van der Waals surface area contributed by atoms with Gasteiger partial charge >= 0.3 is 6.09 Å². The Balaban J connectivity index is 1.71. The molecule has 0 aliphatic carbocycles. The van der Waals surface area contributed by atoms with E-state index in [1.165, 1.54) is 0 Å². The molecule has 1 amide bonds. The molecule has 2 heterocycles. The highest BCUT2D eigenvalue weighted by Crippen LogP contribution is 2.35. The van der Waals surface area contributed by atoms with Gasteiger partial charge in [-0.05, 0) is 43.0 Å². The molecule has 0 saturated carbocycles. The van der Waals surface area contributed by atoms with Gasteiger partial charge in [-0.3, -0.25) is 9.97 Å². The van der Waals surface area contributed by atoms with Gasteiger partial charge in [-0.25, -0.2) is 4.79 Å². The van der Waals surface area contributed by atoms with Crippen LogP contribution in [0.1, 0.15) is 36.8 Å². The smallest absolute Gasteiger partial charge is 0.408 e. The van der Waals surface area contributed by atoms with Gasteiger partial charge in [0.2, 0.25) is 0 Å². The summed E-state index contributed by atoms with van der Waals surface area (Å²) in [5.74, 6) is 0. The normalized spacial score (nSPS) is 13.9. The first kappa shape index (κ1) is 19.6. The molecule has 0 bridgehead atoms. The Hall–Kier alpha value is -3.73. The standard InChI is InChI=1S/C25H23N3O2/c1-18(19-10-4-3-5-11-19)28-24(29)30-25(2,22-14-8-9-16-26-22)23-21-13-7-6-12-20(21)15-17-27-23/h3-18H,1-2H3,(H,28,29)/t18-,25?/m0/s1. The number of pyridine rings is 2. The minimum absolute atomic E-state index is 0.202. The number of ether oxygens (including phenoxy) is 1. The summed E-state index contributed by atoms with van der Waals surface area (Å²) in [7, 11) is 0. The second-order valence-corrected chi connectivity index (χ2v) is 7.30. The number of benzene rings is 2. The van der Waals surface area contributed by atoms with Gasteiger partial charge in [-0.1, -0.05) is 60.7 Å². The van der Waals surface area contributed by atoms with Crippen LogP contribution in [-0.4, -0.2) is 16.1 Å². The maximum atomic E-state index is 12.9. The van der Waals surface area contributed by atoms with Crippen molar-refractivity contribution >= 4 is 16.9 Å². The van der Waals surface area contributed by atoms with Crippen LogP contribution in [0, 0.1) is 0 Å². The minimum atomic E-state index is -1.16. The Kier molecular flexibility index (Phi) is 5.44. The molecule has 2 aromatic carbocycles. The predicted molar refractivity (Wildman–Crippen MR) is 117 cm³/mol. The average molecular weight is 397 g/mol. The highest BCUT2D eigenvalue weighted by atomic mass is 16.6. The van der Waals surface area contributed by atoms with E-state index in [0.717, 1.165) is 16.3 Å². The van der Waals surface area contributed by atoms with E-state index in [1.807, 2.05) is 92.7 Å². The number of hydrogen-bond acceptors (Lipinski definition) is 4.